The summed E-state index contributed by atoms with van der Waals surface area (Å²) in [5.74, 6) is -0.636. The molecule has 4 rings (SSSR count). The van der Waals surface area contributed by atoms with Crippen LogP contribution in [-0.2, 0) is 15.9 Å². The van der Waals surface area contributed by atoms with E-state index < -0.39 is 5.79 Å². The summed E-state index contributed by atoms with van der Waals surface area (Å²) in [6, 6.07) is 16.9. The van der Waals surface area contributed by atoms with Crippen molar-refractivity contribution in [2.24, 2.45) is 0 Å². The molecule has 0 aromatic heterocycles. The fraction of sp³-hybridized carbons (Fsp3) is 0.391. The molecule has 152 valence electrons. The van der Waals surface area contributed by atoms with E-state index in [-0.39, 0.29) is 11.8 Å². The molecule has 6 nitrogen and oxygen atoms in total. The zero-order valence-corrected chi connectivity index (χ0v) is 16.4. The quantitative estimate of drug-likeness (QED) is 0.847. The van der Waals surface area contributed by atoms with Gasteiger partial charge in [0.15, 0.2) is 5.79 Å². The first-order chi connectivity index (χ1) is 14.2. The molecule has 2 heterocycles. The second-order valence-corrected chi connectivity index (χ2v) is 7.47. The van der Waals surface area contributed by atoms with Crippen LogP contribution in [0.3, 0.4) is 0 Å². The summed E-state index contributed by atoms with van der Waals surface area (Å²) in [6.07, 6.45) is 2.17. The van der Waals surface area contributed by atoms with Crippen molar-refractivity contribution in [3.05, 3.63) is 71.3 Å². The van der Waals surface area contributed by atoms with Crippen molar-refractivity contribution in [3.63, 3.8) is 0 Å². The second-order valence-electron chi connectivity index (χ2n) is 7.47. The molecule has 1 spiro atoms. The highest BCUT2D eigenvalue weighted by molar-refractivity contribution is 5.97. The number of carbonyl (C=O) groups excluding carboxylic acids is 2. The number of nitrogens with one attached hydrogen (secondary N) is 1. The third-order valence-corrected chi connectivity index (χ3v) is 5.56. The minimum absolute atomic E-state index is 0.0196. The Morgan fingerprint density at radius 1 is 0.897 bits per heavy atom. The van der Waals surface area contributed by atoms with Gasteiger partial charge in [-0.05, 0) is 36.2 Å². The van der Waals surface area contributed by atoms with Crippen LogP contribution in [0.2, 0.25) is 0 Å². The Bertz CT molecular complexity index is 835. The number of likely N-dealkylation sites (tertiary alicyclic amines) is 1. The summed E-state index contributed by atoms with van der Waals surface area (Å²) in [6.45, 7) is 3.05. The van der Waals surface area contributed by atoms with Gasteiger partial charge in [-0.15, -0.1) is 0 Å². The first kappa shape index (κ1) is 19.6. The number of ether oxygens (including phenoxy) is 2. The first-order valence-corrected chi connectivity index (χ1v) is 10.1. The van der Waals surface area contributed by atoms with Gasteiger partial charge in [0, 0.05) is 43.6 Å². The maximum atomic E-state index is 12.8. The van der Waals surface area contributed by atoms with Crippen LogP contribution in [0, 0.1) is 0 Å². The summed E-state index contributed by atoms with van der Waals surface area (Å²) < 4.78 is 11.4. The normalized spacial score (nSPS) is 18.0. The molecule has 29 heavy (non-hydrogen) atoms. The van der Waals surface area contributed by atoms with E-state index in [4.69, 9.17) is 9.47 Å². The number of benzene rings is 2. The monoisotopic (exact) mass is 394 g/mol. The topological polar surface area (TPSA) is 67.9 Å². The van der Waals surface area contributed by atoms with Crippen LogP contribution < -0.4 is 5.32 Å². The summed E-state index contributed by atoms with van der Waals surface area (Å²) in [5.41, 5.74) is 2.33. The first-order valence-electron chi connectivity index (χ1n) is 10.1. The summed E-state index contributed by atoms with van der Waals surface area (Å²) in [4.78, 5) is 26.9. The Balaban J connectivity index is 1.28. The van der Waals surface area contributed by atoms with Crippen LogP contribution in [-0.4, -0.2) is 55.3 Å². The lowest BCUT2D eigenvalue weighted by molar-refractivity contribution is -0.181. The molecule has 0 aliphatic carbocycles. The number of carbonyl (C=O) groups is 2. The van der Waals surface area contributed by atoms with E-state index in [9.17, 15) is 9.59 Å². The van der Waals surface area contributed by atoms with Crippen molar-refractivity contribution < 1.29 is 19.1 Å². The fourth-order valence-corrected chi connectivity index (χ4v) is 3.85. The summed E-state index contributed by atoms with van der Waals surface area (Å²) in [5, 5.41) is 2.93. The second kappa shape index (κ2) is 8.76. The number of nitrogens with zero attached hydrogens (tertiary/aromatic N) is 1. The Morgan fingerprint density at radius 3 is 2.17 bits per heavy atom. The van der Waals surface area contributed by atoms with Gasteiger partial charge in [0.05, 0.1) is 13.2 Å². The zero-order chi connectivity index (χ0) is 20.1. The van der Waals surface area contributed by atoms with E-state index in [1.54, 1.807) is 24.3 Å². The number of rotatable bonds is 5. The molecule has 2 aliphatic rings. The summed E-state index contributed by atoms with van der Waals surface area (Å²) in [7, 11) is 0. The molecule has 0 bridgehead atoms. The van der Waals surface area contributed by atoms with Crippen LogP contribution in [0.25, 0.3) is 0 Å². The molecule has 2 aromatic carbocycles. The molecule has 2 aromatic rings. The van der Waals surface area contributed by atoms with E-state index in [0.717, 1.165) is 6.42 Å². The van der Waals surface area contributed by atoms with Crippen LogP contribution in [0.1, 0.15) is 39.1 Å². The molecule has 2 fully saturated rings. The van der Waals surface area contributed by atoms with Crippen LogP contribution >= 0.6 is 0 Å². The number of piperidine rings is 1. The molecular weight excluding hydrogens is 368 g/mol. The van der Waals surface area contributed by atoms with E-state index in [2.05, 4.69) is 5.32 Å². The van der Waals surface area contributed by atoms with Gasteiger partial charge in [-0.1, -0.05) is 30.3 Å². The molecule has 0 atom stereocenters. The Hall–Kier alpha value is -2.70. The molecule has 0 saturated carbocycles. The zero-order valence-electron chi connectivity index (χ0n) is 16.4. The van der Waals surface area contributed by atoms with Gasteiger partial charge >= 0.3 is 0 Å². The Labute approximate surface area is 170 Å². The van der Waals surface area contributed by atoms with Gasteiger partial charge < -0.3 is 19.7 Å². The van der Waals surface area contributed by atoms with Crippen molar-refractivity contribution in [1.29, 1.82) is 0 Å². The number of hydrogen-bond donors (Lipinski definition) is 1. The van der Waals surface area contributed by atoms with E-state index in [1.807, 2.05) is 35.2 Å². The average Bonchev–Trinajstić information content (AvgIpc) is 3.22. The Kier molecular flexibility index (Phi) is 5.92. The van der Waals surface area contributed by atoms with Crippen LogP contribution in [0.4, 0.5) is 0 Å². The smallest absolute Gasteiger partial charge is 0.253 e. The third kappa shape index (κ3) is 4.66. The SMILES string of the molecule is O=C(NCCc1ccccc1)c1ccc(C(=O)N2CCC3(CC2)OCCO3)cc1. The molecule has 0 unspecified atom stereocenters. The van der Waals surface area contributed by atoms with Gasteiger partial charge in [0.1, 0.15) is 0 Å². The fourth-order valence-electron chi connectivity index (χ4n) is 3.85. The lowest BCUT2D eigenvalue weighted by Crippen LogP contribution is -2.47. The van der Waals surface area contributed by atoms with Crippen LogP contribution in [0.15, 0.2) is 54.6 Å². The van der Waals surface area contributed by atoms with Gasteiger partial charge in [-0.3, -0.25) is 9.59 Å². The van der Waals surface area contributed by atoms with Gasteiger partial charge in [-0.25, -0.2) is 0 Å². The molecular formula is C23H26N2O4. The van der Waals surface area contributed by atoms with E-state index in [1.165, 1.54) is 5.56 Å². The highest BCUT2D eigenvalue weighted by Crippen LogP contribution is 2.31. The molecule has 6 heteroatoms. The van der Waals surface area contributed by atoms with Crippen molar-refractivity contribution in [2.75, 3.05) is 32.8 Å². The predicted octanol–water partition coefficient (Wildman–Crippen LogP) is 2.64. The van der Waals surface area contributed by atoms with Gasteiger partial charge in [0.25, 0.3) is 11.8 Å². The Morgan fingerprint density at radius 2 is 1.52 bits per heavy atom. The lowest BCUT2D eigenvalue weighted by Gasteiger charge is -2.37. The lowest BCUT2D eigenvalue weighted by atomic mass is 10.0. The molecule has 0 radical (unpaired) electrons. The third-order valence-electron chi connectivity index (χ3n) is 5.56. The van der Waals surface area contributed by atoms with Gasteiger partial charge in [-0.2, -0.15) is 0 Å². The minimum atomic E-state index is -0.488. The maximum Gasteiger partial charge on any atom is 0.253 e. The molecule has 2 saturated heterocycles. The standard InChI is InChI=1S/C23H26N2O4/c26-21(24-13-10-18-4-2-1-3-5-18)19-6-8-20(9-7-19)22(27)25-14-11-23(12-15-25)28-16-17-29-23/h1-9H,10-17H2,(H,24,26). The van der Waals surface area contributed by atoms with Gasteiger partial charge in [0.2, 0.25) is 0 Å². The molecule has 2 aliphatic heterocycles. The summed E-state index contributed by atoms with van der Waals surface area (Å²) >= 11 is 0. The average molecular weight is 394 g/mol. The molecule has 1 N–H and O–H groups in total. The minimum Gasteiger partial charge on any atom is -0.352 e. The largest absolute Gasteiger partial charge is 0.352 e. The predicted molar refractivity (Wildman–Crippen MR) is 109 cm³/mol. The highest BCUT2D eigenvalue weighted by atomic mass is 16.7. The van der Waals surface area contributed by atoms with E-state index >= 15 is 0 Å². The van der Waals surface area contributed by atoms with E-state index in [0.29, 0.717) is 56.8 Å². The maximum absolute atomic E-state index is 12.8. The van der Waals surface area contributed by atoms with Crippen molar-refractivity contribution in [3.8, 4) is 0 Å². The van der Waals surface area contributed by atoms with Crippen molar-refractivity contribution in [2.45, 2.75) is 25.0 Å². The highest BCUT2D eigenvalue weighted by Gasteiger charge is 2.40. The van der Waals surface area contributed by atoms with Crippen molar-refractivity contribution in [1.82, 2.24) is 10.2 Å². The number of hydrogen-bond acceptors (Lipinski definition) is 4. The number of amides is 2. The van der Waals surface area contributed by atoms with Crippen LogP contribution in [0.5, 0.6) is 0 Å². The molecule has 2 amide bonds. The van der Waals surface area contributed by atoms with Crippen molar-refractivity contribution >= 4 is 11.8 Å².